The monoisotopic (exact) mass is 322 g/mol. The van der Waals surface area contributed by atoms with Gasteiger partial charge in [0, 0.05) is 6.54 Å². The smallest absolute Gasteiger partial charge is 0.316 e. The first-order valence-corrected chi connectivity index (χ1v) is 8.07. The summed E-state index contributed by atoms with van der Waals surface area (Å²) in [5.41, 5.74) is -1.20. The number of sulfonamides is 1. The molecule has 4 nitrogen and oxygen atoms in total. The van der Waals surface area contributed by atoms with Gasteiger partial charge in [-0.15, -0.1) is 0 Å². The van der Waals surface area contributed by atoms with E-state index in [9.17, 15) is 21.6 Å². The van der Waals surface area contributed by atoms with E-state index in [1.165, 1.54) is 13.0 Å². The van der Waals surface area contributed by atoms with Crippen LogP contribution in [0, 0.1) is 12.8 Å². The Morgan fingerprint density at radius 3 is 2.67 bits per heavy atom. The summed E-state index contributed by atoms with van der Waals surface area (Å²) in [5, 5.41) is 3.11. The van der Waals surface area contributed by atoms with E-state index in [1.54, 1.807) is 0 Å². The topological polar surface area (TPSA) is 58.2 Å². The Balaban J connectivity index is 2.23. The Morgan fingerprint density at radius 2 is 2.10 bits per heavy atom. The maximum atomic E-state index is 12.8. The fourth-order valence-corrected chi connectivity index (χ4v) is 3.79. The highest BCUT2D eigenvalue weighted by Crippen LogP contribution is 2.34. The molecular formula is C13H17F3N2O2S. The molecule has 8 heteroatoms. The number of alkyl halides is 3. The van der Waals surface area contributed by atoms with E-state index < -0.39 is 21.8 Å². The van der Waals surface area contributed by atoms with Gasteiger partial charge < -0.3 is 5.32 Å². The van der Waals surface area contributed by atoms with E-state index in [0.717, 1.165) is 25.1 Å². The number of nitrogens with one attached hydrogen (secondary N) is 2. The first-order valence-electron chi connectivity index (χ1n) is 6.59. The first kappa shape index (κ1) is 16.3. The largest absolute Gasteiger partial charge is 0.416 e. The van der Waals surface area contributed by atoms with Crippen LogP contribution in [-0.4, -0.2) is 28.1 Å². The van der Waals surface area contributed by atoms with Crippen LogP contribution in [0.1, 0.15) is 17.5 Å². The van der Waals surface area contributed by atoms with Crippen molar-refractivity contribution in [1.82, 2.24) is 10.0 Å². The van der Waals surface area contributed by atoms with Gasteiger partial charge >= 0.3 is 6.18 Å². The molecule has 0 spiro atoms. The SMILES string of the molecule is Cc1c(C(F)(F)F)cccc1S(=O)(=O)NCC1CCNC1. The van der Waals surface area contributed by atoms with E-state index in [2.05, 4.69) is 10.0 Å². The van der Waals surface area contributed by atoms with Crippen LogP contribution in [-0.2, 0) is 16.2 Å². The molecule has 0 aromatic heterocycles. The second-order valence-corrected chi connectivity index (χ2v) is 6.87. The fourth-order valence-electron chi connectivity index (χ4n) is 2.41. The van der Waals surface area contributed by atoms with Crippen LogP contribution in [0.3, 0.4) is 0 Å². The molecule has 1 atom stereocenters. The van der Waals surface area contributed by atoms with Crippen LogP contribution < -0.4 is 10.0 Å². The summed E-state index contributed by atoms with van der Waals surface area (Å²) in [6.45, 7) is 2.94. The zero-order chi connectivity index (χ0) is 15.7. The molecule has 1 aliphatic rings. The summed E-state index contributed by atoms with van der Waals surface area (Å²) in [4.78, 5) is -0.316. The maximum Gasteiger partial charge on any atom is 0.416 e. The molecule has 2 rings (SSSR count). The first-order chi connectivity index (χ1) is 9.72. The molecule has 118 valence electrons. The van der Waals surface area contributed by atoms with Crippen LogP contribution in [0.25, 0.3) is 0 Å². The predicted molar refractivity (Wildman–Crippen MR) is 72.3 cm³/mol. The van der Waals surface area contributed by atoms with Gasteiger partial charge in [-0.2, -0.15) is 13.2 Å². The summed E-state index contributed by atoms with van der Waals surface area (Å²) in [5.74, 6) is 0.172. The third-order valence-corrected chi connectivity index (χ3v) is 5.17. The van der Waals surface area contributed by atoms with Gasteiger partial charge in [0.15, 0.2) is 0 Å². The van der Waals surface area contributed by atoms with Crippen molar-refractivity contribution in [2.75, 3.05) is 19.6 Å². The lowest BCUT2D eigenvalue weighted by molar-refractivity contribution is -0.138. The van der Waals surface area contributed by atoms with Crippen LogP contribution in [0.5, 0.6) is 0 Å². The molecular weight excluding hydrogens is 305 g/mol. The van der Waals surface area contributed by atoms with E-state index in [1.807, 2.05) is 0 Å². The molecule has 0 aliphatic carbocycles. The van der Waals surface area contributed by atoms with E-state index in [-0.39, 0.29) is 22.9 Å². The molecule has 1 aromatic rings. The third kappa shape index (κ3) is 3.75. The van der Waals surface area contributed by atoms with Crippen LogP contribution >= 0.6 is 0 Å². The second-order valence-electron chi connectivity index (χ2n) is 5.14. The highest BCUT2D eigenvalue weighted by molar-refractivity contribution is 7.89. The van der Waals surface area contributed by atoms with E-state index in [4.69, 9.17) is 0 Å². The quantitative estimate of drug-likeness (QED) is 0.890. The molecule has 2 N–H and O–H groups in total. The zero-order valence-corrected chi connectivity index (χ0v) is 12.3. The Kier molecular flexibility index (Phi) is 4.60. The molecule has 1 fully saturated rings. The Hall–Kier alpha value is -1.12. The normalized spacial score (nSPS) is 19.9. The Labute approximate surface area is 121 Å². The summed E-state index contributed by atoms with van der Waals surface area (Å²) in [7, 11) is -3.94. The standard InChI is InChI=1S/C13H17F3N2O2S/c1-9-11(13(14,15)16)3-2-4-12(9)21(19,20)18-8-10-5-6-17-7-10/h2-4,10,17-18H,5-8H2,1H3. The lowest BCUT2D eigenvalue weighted by Gasteiger charge is -2.16. The second kappa shape index (κ2) is 5.94. The highest BCUT2D eigenvalue weighted by atomic mass is 32.2. The number of halogens is 3. The summed E-state index contributed by atoms with van der Waals surface area (Å²) in [6, 6.07) is 3.19. The molecule has 0 bridgehead atoms. The average Bonchev–Trinajstić information content (AvgIpc) is 2.88. The number of benzene rings is 1. The fraction of sp³-hybridized carbons (Fsp3) is 0.538. The molecule has 1 heterocycles. The highest BCUT2D eigenvalue weighted by Gasteiger charge is 2.34. The van der Waals surface area contributed by atoms with Crippen molar-refractivity contribution in [2.24, 2.45) is 5.92 Å². The lowest BCUT2D eigenvalue weighted by Crippen LogP contribution is -2.31. The van der Waals surface area contributed by atoms with Crippen LogP contribution in [0.15, 0.2) is 23.1 Å². The third-order valence-electron chi connectivity index (χ3n) is 3.60. The van der Waals surface area contributed by atoms with Crippen molar-refractivity contribution in [3.63, 3.8) is 0 Å². The van der Waals surface area contributed by atoms with Gasteiger partial charge in [0.1, 0.15) is 0 Å². The average molecular weight is 322 g/mol. The summed E-state index contributed by atoms with van der Waals surface area (Å²) < 4.78 is 65.3. The number of hydrogen-bond acceptors (Lipinski definition) is 3. The minimum absolute atomic E-state index is 0.172. The predicted octanol–water partition coefficient (Wildman–Crippen LogP) is 1.90. The van der Waals surface area contributed by atoms with Crippen LogP contribution in [0.2, 0.25) is 0 Å². The number of hydrogen-bond donors (Lipinski definition) is 2. The van der Waals surface area contributed by atoms with Crippen molar-refractivity contribution in [2.45, 2.75) is 24.4 Å². The van der Waals surface area contributed by atoms with Gasteiger partial charge in [0.25, 0.3) is 0 Å². The van der Waals surface area contributed by atoms with Crippen LogP contribution in [0.4, 0.5) is 13.2 Å². The molecule has 1 saturated heterocycles. The van der Waals surface area contributed by atoms with E-state index >= 15 is 0 Å². The zero-order valence-electron chi connectivity index (χ0n) is 11.5. The lowest BCUT2D eigenvalue weighted by atomic mass is 10.1. The molecule has 0 amide bonds. The van der Waals surface area contributed by atoms with Gasteiger partial charge in [-0.05, 0) is 50.0 Å². The maximum absolute atomic E-state index is 12.8. The molecule has 0 radical (unpaired) electrons. The van der Waals surface area contributed by atoms with Gasteiger partial charge in [0.2, 0.25) is 10.0 Å². The summed E-state index contributed by atoms with van der Waals surface area (Å²) in [6.07, 6.45) is -3.71. The van der Waals surface area contributed by atoms with Crippen molar-refractivity contribution >= 4 is 10.0 Å². The van der Waals surface area contributed by atoms with Gasteiger partial charge in [-0.25, -0.2) is 13.1 Å². The summed E-state index contributed by atoms with van der Waals surface area (Å²) >= 11 is 0. The Morgan fingerprint density at radius 1 is 1.38 bits per heavy atom. The molecule has 1 aromatic carbocycles. The number of rotatable bonds is 4. The minimum atomic E-state index is -4.56. The molecule has 1 aliphatic heterocycles. The van der Waals surface area contributed by atoms with E-state index in [0.29, 0.717) is 6.54 Å². The van der Waals surface area contributed by atoms with Gasteiger partial charge in [-0.3, -0.25) is 0 Å². The molecule has 0 saturated carbocycles. The van der Waals surface area contributed by atoms with Gasteiger partial charge in [0.05, 0.1) is 10.5 Å². The van der Waals surface area contributed by atoms with Gasteiger partial charge in [-0.1, -0.05) is 6.07 Å². The van der Waals surface area contributed by atoms with Crippen molar-refractivity contribution in [1.29, 1.82) is 0 Å². The van der Waals surface area contributed by atoms with Crippen molar-refractivity contribution in [3.8, 4) is 0 Å². The Bertz CT molecular complexity index is 608. The molecule has 1 unspecified atom stereocenters. The minimum Gasteiger partial charge on any atom is -0.316 e. The van der Waals surface area contributed by atoms with Crippen molar-refractivity contribution in [3.05, 3.63) is 29.3 Å². The van der Waals surface area contributed by atoms with Crippen molar-refractivity contribution < 1.29 is 21.6 Å². The molecule has 21 heavy (non-hydrogen) atoms.